The lowest BCUT2D eigenvalue weighted by molar-refractivity contribution is 0.0949. The molecule has 3 N–H and O–H groups in total. The van der Waals surface area contributed by atoms with Gasteiger partial charge in [-0.25, -0.2) is 4.98 Å². The molecule has 2 fully saturated rings. The van der Waals surface area contributed by atoms with E-state index in [2.05, 4.69) is 45.1 Å². The summed E-state index contributed by atoms with van der Waals surface area (Å²) in [6.45, 7) is 7.26. The molecule has 0 bridgehead atoms. The molecule has 0 saturated carbocycles. The molecule has 6 rings (SSSR count). The molecule has 7 heteroatoms. The van der Waals surface area contributed by atoms with Crippen molar-refractivity contribution in [3.8, 4) is 0 Å². The number of hydrogen-bond donors (Lipinski definition) is 3. The lowest BCUT2D eigenvalue weighted by Gasteiger charge is -2.48. The second kappa shape index (κ2) is 6.31. The van der Waals surface area contributed by atoms with Crippen LogP contribution in [-0.2, 0) is 0 Å². The number of anilines is 2. The molecule has 29 heavy (non-hydrogen) atoms. The lowest BCUT2D eigenvalue weighted by atomic mass is 9.73. The van der Waals surface area contributed by atoms with Gasteiger partial charge >= 0.3 is 0 Å². The van der Waals surface area contributed by atoms with Crippen LogP contribution in [0.15, 0.2) is 24.3 Å². The minimum Gasteiger partial charge on any atom is -0.381 e. The van der Waals surface area contributed by atoms with Gasteiger partial charge in [-0.3, -0.25) is 4.79 Å². The number of nitrogens with one attached hydrogen (secondary N) is 3. The quantitative estimate of drug-likeness (QED) is 0.578. The molecule has 1 atom stereocenters. The monoisotopic (exact) mass is 407 g/mol. The van der Waals surface area contributed by atoms with E-state index in [0.29, 0.717) is 5.41 Å². The van der Waals surface area contributed by atoms with Gasteiger partial charge in [0, 0.05) is 54.2 Å². The van der Waals surface area contributed by atoms with E-state index >= 15 is 0 Å². The van der Waals surface area contributed by atoms with Crippen molar-refractivity contribution >= 4 is 49.7 Å². The van der Waals surface area contributed by atoms with E-state index in [1.54, 1.807) is 11.3 Å². The first-order valence-corrected chi connectivity index (χ1v) is 11.3. The van der Waals surface area contributed by atoms with Crippen LogP contribution >= 0.6 is 11.3 Å². The van der Waals surface area contributed by atoms with Gasteiger partial charge in [-0.1, -0.05) is 0 Å². The summed E-state index contributed by atoms with van der Waals surface area (Å²) in [6, 6.07) is 8.67. The van der Waals surface area contributed by atoms with Crippen LogP contribution in [-0.4, -0.2) is 49.7 Å². The average molecular weight is 408 g/mol. The molecular weight excluding hydrogens is 382 g/mol. The van der Waals surface area contributed by atoms with E-state index < -0.39 is 0 Å². The molecule has 0 aliphatic carbocycles. The molecule has 5 heterocycles. The van der Waals surface area contributed by atoms with E-state index in [1.165, 1.54) is 25.9 Å². The highest BCUT2D eigenvalue weighted by Crippen LogP contribution is 2.42. The third kappa shape index (κ3) is 2.71. The van der Waals surface area contributed by atoms with E-state index in [9.17, 15) is 4.79 Å². The number of fused-ring (bicyclic) bond motifs is 5. The molecule has 0 unspecified atom stereocenters. The van der Waals surface area contributed by atoms with E-state index in [-0.39, 0.29) is 11.9 Å². The van der Waals surface area contributed by atoms with Crippen molar-refractivity contribution in [3.05, 3.63) is 29.1 Å². The summed E-state index contributed by atoms with van der Waals surface area (Å²) >= 11 is 1.56. The summed E-state index contributed by atoms with van der Waals surface area (Å²) in [5.74, 6) is 1.09. The molecule has 6 nitrogen and oxygen atoms in total. The number of carbonyl (C=O) groups is 1. The molecule has 1 aromatic carbocycles. The Morgan fingerprint density at radius 3 is 2.76 bits per heavy atom. The topological polar surface area (TPSA) is 69.3 Å². The second-order valence-corrected chi connectivity index (χ2v) is 9.88. The van der Waals surface area contributed by atoms with E-state index in [0.717, 1.165) is 57.0 Å². The zero-order valence-electron chi connectivity index (χ0n) is 16.5. The van der Waals surface area contributed by atoms with Gasteiger partial charge in [-0.2, -0.15) is 0 Å². The Hall–Kier alpha value is -2.38. The number of rotatable bonds is 1. The van der Waals surface area contributed by atoms with Crippen LogP contribution in [0.25, 0.3) is 21.0 Å². The van der Waals surface area contributed by atoms with Crippen molar-refractivity contribution in [2.45, 2.75) is 25.8 Å². The molecule has 1 spiro atoms. The van der Waals surface area contributed by atoms with Gasteiger partial charge in [0.1, 0.15) is 10.7 Å². The van der Waals surface area contributed by atoms with Gasteiger partial charge in [-0.05, 0) is 49.4 Å². The molecule has 2 saturated heterocycles. The number of piperidine rings is 1. The summed E-state index contributed by atoms with van der Waals surface area (Å²) in [7, 11) is 0. The fraction of sp³-hybridized carbons (Fsp3) is 0.455. The van der Waals surface area contributed by atoms with Crippen LogP contribution in [0.3, 0.4) is 0 Å². The Labute approximate surface area is 173 Å². The number of aromatic nitrogens is 1. The Balaban J connectivity index is 1.39. The maximum Gasteiger partial charge on any atom is 0.263 e. The van der Waals surface area contributed by atoms with Crippen molar-refractivity contribution in [2.24, 2.45) is 5.41 Å². The summed E-state index contributed by atoms with van der Waals surface area (Å²) in [6.07, 6.45) is 2.49. The standard InChI is InChI=1S/C22H25N5OS/c1-13-10-24-19-18-14-2-5-17(27-8-6-22(7-9-27)11-23-12-22)26-15(14)3-4-16(18)29-20(19)21(28)25-13/h2-5,13,23-24H,6-12H2,1H3,(H,25,28)/t13-/m1/s1. The van der Waals surface area contributed by atoms with Crippen LogP contribution in [0.5, 0.6) is 0 Å². The van der Waals surface area contributed by atoms with Gasteiger partial charge in [-0.15, -0.1) is 11.3 Å². The molecule has 1 amide bonds. The number of thiophene rings is 1. The third-order valence-electron chi connectivity index (χ3n) is 6.82. The Morgan fingerprint density at radius 1 is 1.17 bits per heavy atom. The van der Waals surface area contributed by atoms with Crippen LogP contribution in [0.4, 0.5) is 11.5 Å². The number of hydrogen-bond acceptors (Lipinski definition) is 6. The fourth-order valence-electron chi connectivity index (χ4n) is 4.93. The summed E-state index contributed by atoms with van der Waals surface area (Å²) in [4.78, 5) is 20.8. The second-order valence-electron chi connectivity index (χ2n) is 8.83. The smallest absolute Gasteiger partial charge is 0.263 e. The SMILES string of the molecule is C[C@@H]1CNc2c(sc3ccc4nc(N5CCC6(CC5)CNC6)ccc4c23)C(=O)N1. The Kier molecular flexibility index (Phi) is 3.80. The maximum atomic E-state index is 12.6. The van der Waals surface area contributed by atoms with Crippen molar-refractivity contribution < 1.29 is 4.79 Å². The molecular formula is C22H25N5OS. The highest BCUT2D eigenvalue weighted by Gasteiger charge is 2.39. The van der Waals surface area contributed by atoms with Crippen molar-refractivity contribution in [1.29, 1.82) is 0 Å². The molecule has 150 valence electrons. The highest BCUT2D eigenvalue weighted by atomic mass is 32.1. The zero-order valence-corrected chi connectivity index (χ0v) is 17.4. The van der Waals surface area contributed by atoms with Crippen LogP contribution in [0, 0.1) is 5.41 Å². The first kappa shape index (κ1) is 17.5. The van der Waals surface area contributed by atoms with Gasteiger partial charge in [0.2, 0.25) is 0 Å². The Morgan fingerprint density at radius 2 is 2.00 bits per heavy atom. The van der Waals surface area contributed by atoms with Crippen LogP contribution < -0.4 is 20.9 Å². The largest absolute Gasteiger partial charge is 0.381 e. The zero-order chi connectivity index (χ0) is 19.6. The third-order valence-corrected chi connectivity index (χ3v) is 7.98. The highest BCUT2D eigenvalue weighted by molar-refractivity contribution is 7.21. The number of benzene rings is 1. The number of pyridine rings is 1. The molecule has 2 aromatic heterocycles. The van der Waals surface area contributed by atoms with Crippen molar-refractivity contribution in [3.63, 3.8) is 0 Å². The predicted molar refractivity (Wildman–Crippen MR) is 119 cm³/mol. The fourth-order valence-corrected chi connectivity index (χ4v) is 6.03. The predicted octanol–water partition coefficient (Wildman–Crippen LogP) is 3.18. The van der Waals surface area contributed by atoms with E-state index in [4.69, 9.17) is 4.98 Å². The van der Waals surface area contributed by atoms with E-state index in [1.807, 2.05) is 6.92 Å². The molecule has 0 radical (unpaired) electrons. The number of amides is 1. The summed E-state index contributed by atoms with van der Waals surface area (Å²) in [5, 5.41) is 12.2. The first-order chi connectivity index (χ1) is 14.1. The minimum absolute atomic E-state index is 0.0177. The maximum absolute atomic E-state index is 12.6. The molecule has 3 aliphatic rings. The Bertz CT molecular complexity index is 1130. The van der Waals surface area contributed by atoms with Gasteiger partial charge in [0.05, 0.1) is 11.2 Å². The molecule has 3 aliphatic heterocycles. The summed E-state index contributed by atoms with van der Waals surface area (Å²) in [5.41, 5.74) is 2.50. The van der Waals surface area contributed by atoms with Crippen molar-refractivity contribution in [1.82, 2.24) is 15.6 Å². The van der Waals surface area contributed by atoms with Crippen molar-refractivity contribution in [2.75, 3.05) is 42.9 Å². The number of nitrogens with zero attached hydrogens (tertiary/aromatic N) is 2. The lowest BCUT2D eigenvalue weighted by Crippen LogP contribution is -2.58. The number of carbonyl (C=O) groups excluding carboxylic acids is 1. The first-order valence-electron chi connectivity index (χ1n) is 10.5. The average Bonchev–Trinajstić information content (AvgIpc) is 3.03. The van der Waals surface area contributed by atoms with Crippen LogP contribution in [0.1, 0.15) is 29.4 Å². The van der Waals surface area contributed by atoms with Gasteiger partial charge in [0.15, 0.2) is 0 Å². The van der Waals surface area contributed by atoms with Gasteiger partial charge < -0.3 is 20.9 Å². The van der Waals surface area contributed by atoms with Gasteiger partial charge in [0.25, 0.3) is 5.91 Å². The molecule has 3 aromatic rings. The normalized spacial score (nSPS) is 23.4. The minimum atomic E-state index is 0.0177. The van der Waals surface area contributed by atoms with Crippen LogP contribution in [0.2, 0.25) is 0 Å². The summed E-state index contributed by atoms with van der Waals surface area (Å²) < 4.78 is 1.13.